The van der Waals surface area contributed by atoms with Gasteiger partial charge in [-0.15, -0.1) is 0 Å². The molecule has 7 rings (SSSR count). The molecule has 3 amide bonds. The second kappa shape index (κ2) is 11.2. The first-order chi connectivity index (χ1) is 22.0. The number of nitrogens with one attached hydrogen (secondary N) is 1. The molecule has 0 radical (unpaired) electrons. The van der Waals surface area contributed by atoms with Crippen LogP contribution in [0.15, 0.2) is 84.9 Å². The van der Waals surface area contributed by atoms with Crippen molar-refractivity contribution in [3.05, 3.63) is 102 Å². The monoisotopic (exact) mass is 635 g/mol. The van der Waals surface area contributed by atoms with Crippen LogP contribution in [0.25, 0.3) is 10.8 Å². The summed E-state index contributed by atoms with van der Waals surface area (Å²) in [6.45, 7) is 5.82. The van der Waals surface area contributed by atoms with E-state index in [-0.39, 0.29) is 37.3 Å². The fourth-order valence-electron chi connectivity index (χ4n) is 7.91. The summed E-state index contributed by atoms with van der Waals surface area (Å²) in [5, 5.41) is 14.6. The van der Waals surface area contributed by atoms with Crippen LogP contribution < -0.4 is 10.2 Å². The van der Waals surface area contributed by atoms with Gasteiger partial charge in [0.2, 0.25) is 5.91 Å². The highest BCUT2D eigenvalue weighted by Crippen LogP contribution is 2.59. The normalized spacial score (nSPS) is 23.3. The van der Waals surface area contributed by atoms with Gasteiger partial charge in [-0.3, -0.25) is 19.3 Å². The minimum atomic E-state index is -3.00. The van der Waals surface area contributed by atoms with Crippen molar-refractivity contribution >= 4 is 53.9 Å². The Balaban J connectivity index is 1.25. The molecular formula is C36H37N3O6Si. The molecule has 1 fully saturated rings. The quantitative estimate of drug-likeness (QED) is 0.226. The smallest absolute Gasteiger partial charge is 0.263 e. The van der Waals surface area contributed by atoms with Crippen LogP contribution in [0.2, 0.25) is 18.6 Å². The Kier molecular flexibility index (Phi) is 7.36. The van der Waals surface area contributed by atoms with Crippen molar-refractivity contribution < 1.29 is 29.0 Å². The molecule has 3 aliphatic heterocycles. The average Bonchev–Trinajstić information content (AvgIpc) is 3.60. The molecule has 46 heavy (non-hydrogen) atoms. The lowest BCUT2D eigenvalue weighted by atomic mass is 9.82. The average molecular weight is 636 g/mol. The molecule has 4 aromatic carbocycles. The molecule has 0 saturated carbocycles. The summed E-state index contributed by atoms with van der Waals surface area (Å²) in [5.74, 6) is -1.19. The molecule has 3 N–H and O–H groups in total. The van der Waals surface area contributed by atoms with Gasteiger partial charge in [0.1, 0.15) is 0 Å². The first-order valence-corrected chi connectivity index (χ1v) is 18.7. The van der Waals surface area contributed by atoms with Crippen molar-refractivity contribution in [2.45, 2.75) is 50.2 Å². The second-order valence-electron chi connectivity index (χ2n) is 13.1. The Morgan fingerprint density at radius 1 is 1.02 bits per heavy atom. The minimum Gasteiger partial charge on any atom is -0.432 e. The van der Waals surface area contributed by atoms with Crippen molar-refractivity contribution in [1.82, 2.24) is 4.90 Å². The lowest BCUT2D eigenvalue weighted by Gasteiger charge is -2.32. The number of nitrogens with zero attached hydrogens (tertiary/aromatic N) is 2. The number of aliphatic hydroxyl groups is 1. The summed E-state index contributed by atoms with van der Waals surface area (Å²) in [4.78, 5) is 56.4. The molecule has 4 aromatic rings. The highest BCUT2D eigenvalue weighted by molar-refractivity contribution is 6.71. The molecular weight excluding hydrogens is 598 g/mol. The predicted octanol–water partition coefficient (Wildman–Crippen LogP) is 5.29. The molecule has 0 aromatic heterocycles. The molecule has 9 nitrogen and oxygen atoms in total. The van der Waals surface area contributed by atoms with E-state index in [4.69, 9.17) is 4.74 Å². The summed E-state index contributed by atoms with van der Waals surface area (Å²) in [6, 6.07) is 26.5. The molecule has 10 heteroatoms. The van der Waals surface area contributed by atoms with E-state index in [2.05, 4.69) is 5.32 Å². The van der Waals surface area contributed by atoms with Crippen molar-refractivity contribution in [2.75, 3.05) is 23.4 Å². The lowest BCUT2D eigenvalue weighted by Crippen LogP contribution is -2.44. The first-order valence-electron chi connectivity index (χ1n) is 15.7. The number of fused-ring (bicyclic) bond motifs is 2. The second-order valence-corrected chi connectivity index (χ2v) is 17.1. The number of benzene rings is 4. The van der Waals surface area contributed by atoms with Crippen molar-refractivity contribution in [3.8, 4) is 0 Å². The molecule has 236 valence electrons. The fourth-order valence-corrected chi connectivity index (χ4v) is 10.5. The van der Waals surface area contributed by atoms with E-state index < -0.39 is 31.5 Å². The molecule has 0 bridgehead atoms. The van der Waals surface area contributed by atoms with Gasteiger partial charge in [-0.25, -0.2) is 0 Å². The van der Waals surface area contributed by atoms with E-state index in [0.29, 0.717) is 29.0 Å². The van der Waals surface area contributed by atoms with Crippen LogP contribution in [0, 0.1) is 5.92 Å². The molecule has 1 saturated heterocycles. The Morgan fingerprint density at radius 3 is 2.48 bits per heavy atom. The Morgan fingerprint density at radius 2 is 1.76 bits per heavy atom. The summed E-state index contributed by atoms with van der Waals surface area (Å²) >= 11 is 0. The SMILES string of the molecule is C[C@H]1[C@H]([Si](C)(C)O)[C@@H](CC(=O)N(CCO)Cc2ccccc2)O[C@]12C(=O)Nc1ccc(N3C(=O)c4cccc5cccc3c45)cc12. The van der Waals surface area contributed by atoms with E-state index in [1.165, 1.54) is 0 Å². The van der Waals surface area contributed by atoms with Gasteiger partial charge in [0.05, 0.1) is 30.4 Å². The number of ether oxygens (including phenoxy) is 1. The number of amides is 3. The maximum Gasteiger partial charge on any atom is 0.263 e. The number of anilines is 3. The van der Waals surface area contributed by atoms with Gasteiger partial charge in [-0.05, 0) is 54.4 Å². The third-order valence-corrected chi connectivity index (χ3v) is 12.4. The largest absolute Gasteiger partial charge is 0.432 e. The van der Waals surface area contributed by atoms with Crippen molar-refractivity contribution in [1.29, 1.82) is 0 Å². The molecule has 0 aliphatic carbocycles. The van der Waals surface area contributed by atoms with E-state index in [9.17, 15) is 24.3 Å². The number of carbonyl (C=O) groups excluding carboxylic acids is 3. The Labute approximate surface area is 268 Å². The van der Waals surface area contributed by atoms with Crippen LogP contribution in [-0.2, 0) is 26.5 Å². The Hall–Kier alpha value is -4.35. The maximum atomic E-state index is 14.0. The maximum absolute atomic E-state index is 14.0. The minimum absolute atomic E-state index is 0.0508. The molecule has 1 spiro atoms. The first kappa shape index (κ1) is 30.3. The summed E-state index contributed by atoms with van der Waals surface area (Å²) in [5.41, 5.74) is 2.20. The van der Waals surface area contributed by atoms with E-state index in [1.807, 2.05) is 98.9 Å². The van der Waals surface area contributed by atoms with Crippen LogP contribution in [-0.4, -0.2) is 60.1 Å². The number of carbonyl (C=O) groups is 3. The third-order valence-electron chi connectivity index (χ3n) is 9.85. The van der Waals surface area contributed by atoms with Gasteiger partial charge < -0.3 is 24.9 Å². The van der Waals surface area contributed by atoms with Gasteiger partial charge in [0.15, 0.2) is 13.9 Å². The standard InChI is InChI=1S/C36H37N3O6Si/c1-22-33(46(2,3)44)30(20-31(41)38(17-18-40)21-23-9-5-4-6-10-23)45-36(22)27-19-25(15-16-28(27)37-35(36)43)39-29-14-8-12-24-11-7-13-26(32(24)29)34(39)42/h4-16,19,22,30,33,40,44H,17-18,20-21H2,1-3H3,(H,37,43)/t22-,30+,33-,36+/m0/s1. The van der Waals surface area contributed by atoms with Crippen LogP contribution in [0.1, 0.15) is 34.8 Å². The molecule has 3 heterocycles. The van der Waals surface area contributed by atoms with Crippen LogP contribution in [0.5, 0.6) is 0 Å². The van der Waals surface area contributed by atoms with Gasteiger partial charge >= 0.3 is 0 Å². The topological polar surface area (TPSA) is 119 Å². The van der Waals surface area contributed by atoms with Gasteiger partial charge in [0.25, 0.3) is 11.8 Å². The molecule has 0 unspecified atom stereocenters. The van der Waals surface area contributed by atoms with Gasteiger partial charge in [0, 0.05) is 46.9 Å². The zero-order valence-electron chi connectivity index (χ0n) is 26.1. The van der Waals surface area contributed by atoms with Crippen LogP contribution >= 0.6 is 0 Å². The lowest BCUT2D eigenvalue weighted by molar-refractivity contribution is -0.148. The van der Waals surface area contributed by atoms with Crippen molar-refractivity contribution in [2.24, 2.45) is 5.92 Å². The summed E-state index contributed by atoms with van der Waals surface area (Å²) < 4.78 is 6.76. The van der Waals surface area contributed by atoms with Gasteiger partial charge in [-0.1, -0.05) is 61.5 Å². The zero-order valence-corrected chi connectivity index (χ0v) is 27.1. The summed E-state index contributed by atoms with van der Waals surface area (Å²) in [6.07, 6.45) is -0.789. The predicted molar refractivity (Wildman–Crippen MR) is 178 cm³/mol. The van der Waals surface area contributed by atoms with Crippen molar-refractivity contribution in [3.63, 3.8) is 0 Å². The molecule has 4 atom stereocenters. The highest BCUT2D eigenvalue weighted by atomic mass is 28.4. The van der Waals surface area contributed by atoms with E-state index >= 15 is 0 Å². The van der Waals surface area contributed by atoms with Crippen LogP contribution in [0.4, 0.5) is 17.1 Å². The van der Waals surface area contributed by atoms with Crippen LogP contribution in [0.3, 0.4) is 0 Å². The number of aliphatic hydroxyl groups excluding tert-OH is 1. The fraction of sp³-hybridized carbons (Fsp3) is 0.306. The Bertz CT molecular complexity index is 1870. The highest BCUT2D eigenvalue weighted by Gasteiger charge is 2.65. The zero-order chi connectivity index (χ0) is 32.4. The molecule has 3 aliphatic rings. The number of hydrogen-bond donors (Lipinski definition) is 3. The third kappa shape index (κ3) is 4.67. The van der Waals surface area contributed by atoms with Gasteiger partial charge in [-0.2, -0.15) is 0 Å². The summed E-state index contributed by atoms with van der Waals surface area (Å²) in [7, 11) is -3.00. The van der Waals surface area contributed by atoms with E-state index in [1.54, 1.807) is 15.9 Å². The van der Waals surface area contributed by atoms with E-state index in [0.717, 1.165) is 22.0 Å². The number of rotatable bonds is 8. The number of hydrogen-bond acceptors (Lipinski definition) is 6.